The lowest BCUT2D eigenvalue weighted by Gasteiger charge is -2.03. The van der Waals surface area contributed by atoms with Gasteiger partial charge in [-0.2, -0.15) is 0 Å². The molecule has 0 atom stereocenters. The summed E-state index contributed by atoms with van der Waals surface area (Å²) in [7, 11) is 1.52. The van der Waals surface area contributed by atoms with Crippen LogP contribution in [0.2, 0.25) is 0 Å². The zero-order chi connectivity index (χ0) is 12.6. The molecule has 1 aliphatic carbocycles. The number of carbonyl (C=O) groups excluding carboxylic acids is 1. The second-order valence-corrected chi connectivity index (χ2v) is 7.79. The van der Waals surface area contributed by atoms with E-state index < -0.39 is 9.05 Å². The fraction of sp³-hybridized carbons (Fsp3) is 0.500. The smallest absolute Gasteiger partial charge is 0.271 e. The average molecular weight is 294 g/mol. The Morgan fingerprint density at radius 1 is 1.59 bits per heavy atom. The van der Waals surface area contributed by atoms with E-state index in [-0.39, 0.29) is 10.1 Å². The van der Waals surface area contributed by atoms with Crippen LogP contribution in [0.15, 0.2) is 9.59 Å². The molecule has 0 aromatic carbocycles. The maximum Gasteiger partial charge on any atom is 0.271 e. The van der Waals surface area contributed by atoms with Crippen molar-refractivity contribution < 1.29 is 13.2 Å². The van der Waals surface area contributed by atoms with Crippen LogP contribution in [-0.4, -0.2) is 20.9 Å². The molecule has 0 unspecified atom stereocenters. The molecule has 1 amide bonds. The first-order chi connectivity index (χ1) is 7.89. The summed E-state index contributed by atoms with van der Waals surface area (Å²) in [6.07, 6.45) is 2.31. The minimum Gasteiger partial charge on any atom is -0.352 e. The van der Waals surface area contributed by atoms with Crippen molar-refractivity contribution in [2.24, 2.45) is 5.92 Å². The number of hydrogen-bond acceptors (Lipinski definition) is 4. The molecular weight excluding hydrogens is 282 g/mol. The van der Waals surface area contributed by atoms with Gasteiger partial charge in [0.2, 0.25) is 0 Å². The molecule has 0 spiro atoms. The van der Waals surface area contributed by atoms with E-state index in [1.807, 2.05) is 0 Å². The molecule has 1 aliphatic rings. The number of hydrogen-bond donors (Lipinski definition) is 1. The van der Waals surface area contributed by atoms with Crippen LogP contribution >= 0.6 is 22.0 Å². The van der Waals surface area contributed by atoms with E-state index in [2.05, 4.69) is 5.32 Å². The second kappa shape index (κ2) is 4.59. The predicted octanol–water partition coefficient (Wildman–Crippen LogP) is 2.12. The molecule has 2 rings (SSSR count). The van der Waals surface area contributed by atoms with E-state index >= 15 is 0 Å². The van der Waals surface area contributed by atoms with Crippen molar-refractivity contribution >= 4 is 37.0 Å². The van der Waals surface area contributed by atoms with Crippen molar-refractivity contribution in [3.05, 3.63) is 16.5 Å². The molecule has 1 heterocycles. The predicted molar refractivity (Wildman–Crippen MR) is 67.2 cm³/mol. The lowest BCUT2D eigenvalue weighted by atomic mass is 10.2. The van der Waals surface area contributed by atoms with Gasteiger partial charge in [0.15, 0.2) is 0 Å². The maximum atomic E-state index is 11.8. The highest BCUT2D eigenvalue weighted by atomic mass is 35.7. The number of thiophene rings is 1. The molecule has 0 bridgehead atoms. The van der Waals surface area contributed by atoms with Crippen LogP contribution in [0.25, 0.3) is 0 Å². The van der Waals surface area contributed by atoms with Gasteiger partial charge in [0.1, 0.15) is 4.21 Å². The fourth-order valence-electron chi connectivity index (χ4n) is 1.52. The summed E-state index contributed by atoms with van der Waals surface area (Å²) in [6, 6.07) is 0. The first kappa shape index (κ1) is 12.9. The molecule has 7 heteroatoms. The van der Waals surface area contributed by atoms with Gasteiger partial charge in [0.05, 0.1) is 5.56 Å². The van der Waals surface area contributed by atoms with Crippen molar-refractivity contribution in [1.82, 2.24) is 5.32 Å². The minimum atomic E-state index is -3.75. The van der Waals surface area contributed by atoms with Crippen LogP contribution in [0.1, 0.15) is 28.8 Å². The van der Waals surface area contributed by atoms with E-state index in [0.29, 0.717) is 23.6 Å². The van der Waals surface area contributed by atoms with Crippen molar-refractivity contribution in [1.29, 1.82) is 0 Å². The van der Waals surface area contributed by atoms with Crippen LogP contribution in [0, 0.1) is 12.8 Å². The van der Waals surface area contributed by atoms with Crippen LogP contribution in [-0.2, 0) is 9.05 Å². The standard InChI is InChI=1S/C10H12ClNO3S2/c1-6-8(5-16-10(6)17(11,14)15)9(13)12-4-7-2-3-7/h5,7H,2-4H2,1H3,(H,12,13). The number of rotatable bonds is 4. The highest BCUT2D eigenvalue weighted by molar-refractivity contribution is 8.15. The van der Waals surface area contributed by atoms with Gasteiger partial charge >= 0.3 is 0 Å². The third-order valence-corrected chi connectivity index (χ3v) is 6.02. The molecule has 0 saturated heterocycles. The summed E-state index contributed by atoms with van der Waals surface area (Å²) in [5, 5.41) is 4.33. The SMILES string of the molecule is Cc1c(C(=O)NCC2CC2)csc1S(=O)(=O)Cl. The van der Waals surface area contributed by atoms with Gasteiger partial charge < -0.3 is 5.32 Å². The van der Waals surface area contributed by atoms with Gasteiger partial charge in [-0.05, 0) is 31.2 Å². The van der Waals surface area contributed by atoms with Gasteiger partial charge in [0.25, 0.3) is 15.0 Å². The molecule has 1 N–H and O–H groups in total. The Labute approximate surface area is 108 Å². The topological polar surface area (TPSA) is 63.2 Å². The normalized spacial score (nSPS) is 15.9. The van der Waals surface area contributed by atoms with E-state index in [1.165, 1.54) is 5.38 Å². The van der Waals surface area contributed by atoms with Crippen molar-refractivity contribution in [2.75, 3.05) is 6.54 Å². The van der Waals surface area contributed by atoms with Crippen molar-refractivity contribution in [3.63, 3.8) is 0 Å². The average Bonchev–Trinajstić information content (AvgIpc) is 2.95. The number of halogens is 1. The molecule has 4 nitrogen and oxygen atoms in total. The molecule has 1 fully saturated rings. The van der Waals surface area contributed by atoms with E-state index in [1.54, 1.807) is 6.92 Å². The summed E-state index contributed by atoms with van der Waals surface area (Å²) in [5.74, 6) is 0.367. The molecule has 0 aliphatic heterocycles. The quantitative estimate of drug-likeness (QED) is 0.865. The lowest BCUT2D eigenvalue weighted by molar-refractivity contribution is 0.0951. The number of nitrogens with one attached hydrogen (secondary N) is 1. The molecule has 1 saturated carbocycles. The highest BCUT2D eigenvalue weighted by Crippen LogP contribution is 2.30. The Kier molecular flexibility index (Phi) is 3.47. The highest BCUT2D eigenvalue weighted by Gasteiger charge is 2.24. The molecular formula is C10H12ClNO3S2. The second-order valence-electron chi connectivity index (χ2n) is 4.15. The van der Waals surface area contributed by atoms with Crippen molar-refractivity contribution in [2.45, 2.75) is 24.0 Å². The summed E-state index contributed by atoms with van der Waals surface area (Å²) in [5.41, 5.74) is 0.827. The third-order valence-electron chi connectivity index (χ3n) is 2.71. The van der Waals surface area contributed by atoms with Crippen molar-refractivity contribution in [3.8, 4) is 0 Å². The van der Waals surface area contributed by atoms with Gasteiger partial charge in [-0.25, -0.2) is 8.42 Å². The number of carbonyl (C=O) groups is 1. The first-order valence-electron chi connectivity index (χ1n) is 5.20. The Morgan fingerprint density at radius 3 is 2.71 bits per heavy atom. The third kappa shape index (κ3) is 3.00. The zero-order valence-corrected chi connectivity index (χ0v) is 11.6. The van der Waals surface area contributed by atoms with Gasteiger partial charge in [0, 0.05) is 22.6 Å². The van der Waals surface area contributed by atoms with Crippen LogP contribution < -0.4 is 5.32 Å². The Hall–Kier alpha value is -0.590. The summed E-state index contributed by atoms with van der Waals surface area (Å²) >= 11 is 0.981. The van der Waals surface area contributed by atoms with Gasteiger partial charge in [-0.15, -0.1) is 11.3 Å². The van der Waals surface area contributed by atoms with Gasteiger partial charge in [-0.3, -0.25) is 4.79 Å². The minimum absolute atomic E-state index is 0.0516. The Bertz CT molecular complexity index is 546. The lowest BCUT2D eigenvalue weighted by Crippen LogP contribution is -2.25. The van der Waals surface area contributed by atoms with Crippen LogP contribution in [0.5, 0.6) is 0 Å². The molecule has 17 heavy (non-hydrogen) atoms. The largest absolute Gasteiger partial charge is 0.352 e. The Balaban J connectivity index is 2.15. The molecule has 1 aromatic rings. The van der Waals surface area contributed by atoms with Gasteiger partial charge in [-0.1, -0.05) is 0 Å². The Morgan fingerprint density at radius 2 is 2.24 bits per heavy atom. The monoisotopic (exact) mass is 293 g/mol. The summed E-state index contributed by atoms with van der Waals surface area (Å²) in [4.78, 5) is 11.8. The number of amides is 1. The van der Waals surface area contributed by atoms with Crippen LogP contribution in [0.4, 0.5) is 0 Å². The maximum absolute atomic E-state index is 11.8. The van der Waals surface area contributed by atoms with E-state index in [4.69, 9.17) is 10.7 Å². The van der Waals surface area contributed by atoms with E-state index in [9.17, 15) is 13.2 Å². The molecule has 1 aromatic heterocycles. The molecule has 0 radical (unpaired) electrons. The summed E-state index contributed by atoms with van der Waals surface area (Å²) in [6.45, 7) is 2.26. The fourth-order valence-corrected chi connectivity index (χ4v) is 4.07. The summed E-state index contributed by atoms with van der Waals surface area (Å²) < 4.78 is 22.5. The van der Waals surface area contributed by atoms with E-state index in [0.717, 1.165) is 24.2 Å². The first-order valence-corrected chi connectivity index (χ1v) is 8.39. The molecule has 94 valence electrons. The van der Waals surface area contributed by atoms with Crippen LogP contribution in [0.3, 0.4) is 0 Å². The zero-order valence-electron chi connectivity index (χ0n) is 9.20.